The maximum absolute atomic E-state index is 11.8. The summed E-state index contributed by atoms with van der Waals surface area (Å²) in [6, 6.07) is 0. The lowest BCUT2D eigenvalue weighted by Crippen LogP contribution is -2.42. The number of nitrogens with two attached hydrogens (primary N) is 1. The number of carbonyl (C=O) groups is 1. The number of hydrogen-bond acceptors (Lipinski definition) is 4. The Bertz CT molecular complexity index is 244. The average molecular weight is 247 g/mol. The second kappa shape index (κ2) is 8.27. The summed E-state index contributed by atoms with van der Waals surface area (Å²) in [6.07, 6.45) is 2.95. The van der Waals surface area contributed by atoms with E-state index in [4.69, 9.17) is 10.9 Å². The molecule has 0 aliphatic heterocycles. The zero-order valence-electron chi connectivity index (χ0n) is 10.1. The van der Waals surface area contributed by atoms with E-state index in [0.29, 0.717) is 6.54 Å². The number of hydrogen-bond donors (Lipinski definition) is 3. The molecule has 4 N–H and O–H groups in total. The van der Waals surface area contributed by atoms with Gasteiger partial charge < -0.3 is 16.3 Å². The zero-order chi connectivity index (χ0) is 12.6. The van der Waals surface area contributed by atoms with E-state index in [1.165, 1.54) is 0 Å². The first-order valence-corrected chi connectivity index (χ1v) is 6.68. The van der Waals surface area contributed by atoms with Crippen molar-refractivity contribution in [3.05, 3.63) is 0 Å². The van der Waals surface area contributed by atoms with Crippen LogP contribution in [0, 0.1) is 11.8 Å². The summed E-state index contributed by atoms with van der Waals surface area (Å²) < 4.78 is 0. The Kier molecular flexibility index (Phi) is 7.80. The van der Waals surface area contributed by atoms with Gasteiger partial charge in [-0.15, -0.1) is 0 Å². The van der Waals surface area contributed by atoms with Crippen LogP contribution in [-0.4, -0.2) is 35.5 Å². The maximum Gasteiger partial charge on any atom is 0.231 e. The zero-order valence-corrected chi connectivity index (χ0v) is 10.9. The van der Waals surface area contributed by atoms with Crippen LogP contribution >= 0.6 is 11.8 Å². The number of nitrogens with one attached hydrogen (secondary N) is 1. The first-order chi connectivity index (χ1) is 7.54. The number of amidine groups is 1. The van der Waals surface area contributed by atoms with Crippen molar-refractivity contribution in [2.75, 3.05) is 18.6 Å². The van der Waals surface area contributed by atoms with Gasteiger partial charge in [-0.25, -0.2) is 0 Å². The molecule has 0 saturated carbocycles. The molecule has 0 aliphatic rings. The van der Waals surface area contributed by atoms with Crippen molar-refractivity contribution < 1.29 is 10.0 Å². The van der Waals surface area contributed by atoms with Crippen molar-refractivity contribution >= 4 is 23.5 Å². The van der Waals surface area contributed by atoms with Crippen LogP contribution < -0.4 is 11.1 Å². The van der Waals surface area contributed by atoms with Gasteiger partial charge in [0.05, 0.1) is 0 Å². The number of nitrogens with zero attached hydrogens (tertiary/aromatic N) is 1. The summed E-state index contributed by atoms with van der Waals surface area (Å²) in [7, 11) is 0. The van der Waals surface area contributed by atoms with Crippen molar-refractivity contribution in [3.8, 4) is 0 Å². The Hall–Kier alpha value is -0.910. The quantitative estimate of drug-likeness (QED) is 0.205. The SMILES string of the molecule is CSCCCNC(=O)C(C(N)=NO)C(C)C. The van der Waals surface area contributed by atoms with Crippen molar-refractivity contribution in [2.24, 2.45) is 22.7 Å². The molecule has 1 unspecified atom stereocenters. The molecule has 0 heterocycles. The van der Waals surface area contributed by atoms with Crippen molar-refractivity contribution in [1.29, 1.82) is 0 Å². The van der Waals surface area contributed by atoms with Crippen LogP contribution in [0.1, 0.15) is 20.3 Å². The highest BCUT2D eigenvalue weighted by molar-refractivity contribution is 7.98. The number of rotatable bonds is 7. The molecule has 0 spiro atoms. The molecule has 0 aromatic heterocycles. The second-order valence-corrected chi connectivity index (χ2v) is 4.87. The lowest BCUT2D eigenvalue weighted by molar-refractivity contribution is -0.124. The molecule has 5 nitrogen and oxygen atoms in total. The van der Waals surface area contributed by atoms with Gasteiger partial charge in [0.1, 0.15) is 5.92 Å². The summed E-state index contributed by atoms with van der Waals surface area (Å²) in [6.45, 7) is 4.36. The number of oxime groups is 1. The van der Waals surface area contributed by atoms with Gasteiger partial charge in [-0.1, -0.05) is 19.0 Å². The Morgan fingerprint density at radius 1 is 1.56 bits per heavy atom. The molecule has 0 saturated heterocycles. The van der Waals surface area contributed by atoms with Gasteiger partial charge in [-0.05, 0) is 24.3 Å². The monoisotopic (exact) mass is 247 g/mol. The molecule has 0 bridgehead atoms. The molecule has 0 rings (SSSR count). The van der Waals surface area contributed by atoms with E-state index in [9.17, 15) is 4.79 Å². The predicted molar refractivity (Wildman–Crippen MR) is 67.7 cm³/mol. The molecule has 6 heteroatoms. The molecule has 0 aromatic rings. The molecule has 94 valence electrons. The molecule has 0 aliphatic carbocycles. The standard InChI is InChI=1S/C10H21N3O2S/c1-7(2)8(9(11)13-15)10(14)12-5-4-6-16-3/h7-8,15H,4-6H2,1-3H3,(H2,11,13)(H,12,14). The average Bonchev–Trinajstić information content (AvgIpc) is 2.23. The van der Waals surface area contributed by atoms with Gasteiger partial charge in [-0.2, -0.15) is 11.8 Å². The minimum absolute atomic E-state index is 0.0106. The molecule has 16 heavy (non-hydrogen) atoms. The lowest BCUT2D eigenvalue weighted by atomic mass is 9.94. The number of amides is 1. The maximum atomic E-state index is 11.8. The lowest BCUT2D eigenvalue weighted by Gasteiger charge is -2.18. The van der Waals surface area contributed by atoms with Crippen LogP contribution in [-0.2, 0) is 4.79 Å². The third-order valence-corrected chi connectivity index (χ3v) is 2.90. The molecule has 0 radical (unpaired) electrons. The minimum atomic E-state index is -0.556. The predicted octanol–water partition coefficient (Wildman–Crippen LogP) is 0.874. The highest BCUT2D eigenvalue weighted by Gasteiger charge is 2.26. The second-order valence-electron chi connectivity index (χ2n) is 3.88. The fourth-order valence-electron chi connectivity index (χ4n) is 1.38. The topological polar surface area (TPSA) is 87.7 Å². The highest BCUT2D eigenvalue weighted by Crippen LogP contribution is 2.11. The molecule has 1 atom stereocenters. The molecule has 0 fully saturated rings. The Balaban J connectivity index is 4.19. The van der Waals surface area contributed by atoms with Crippen molar-refractivity contribution in [3.63, 3.8) is 0 Å². The molecule has 1 amide bonds. The van der Waals surface area contributed by atoms with Crippen molar-refractivity contribution in [2.45, 2.75) is 20.3 Å². The number of carbonyl (C=O) groups excluding carboxylic acids is 1. The molecular weight excluding hydrogens is 226 g/mol. The van der Waals surface area contributed by atoms with E-state index in [1.54, 1.807) is 11.8 Å². The first kappa shape index (κ1) is 15.1. The summed E-state index contributed by atoms with van der Waals surface area (Å²) in [4.78, 5) is 11.8. The van der Waals surface area contributed by atoms with Gasteiger partial charge in [0.15, 0.2) is 5.84 Å². The van der Waals surface area contributed by atoms with Gasteiger partial charge in [0.25, 0.3) is 0 Å². The largest absolute Gasteiger partial charge is 0.409 e. The Morgan fingerprint density at radius 3 is 2.62 bits per heavy atom. The van der Waals surface area contributed by atoms with Gasteiger partial charge in [0, 0.05) is 6.54 Å². The van der Waals surface area contributed by atoms with E-state index in [-0.39, 0.29) is 17.7 Å². The van der Waals surface area contributed by atoms with E-state index in [0.717, 1.165) is 12.2 Å². The van der Waals surface area contributed by atoms with E-state index in [1.807, 2.05) is 20.1 Å². The molecule has 0 aromatic carbocycles. The van der Waals surface area contributed by atoms with E-state index >= 15 is 0 Å². The van der Waals surface area contributed by atoms with Crippen LogP contribution in [0.25, 0.3) is 0 Å². The van der Waals surface area contributed by atoms with E-state index in [2.05, 4.69) is 10.5 Å². The van der Waals surface area contributed by atoms with Crippen LogP contribution in [0.15, 0.2) is 5.16 Å². The summed E-state index contributed by atoms with van der Waals surface area (Å²) in [5.74, 6) is 0.260. The van der Waals surface area contributed by atoms with E-state index < -0.39 is 5.92 Å². The summed E-state index contributed by atoms with van der Waals surface area (Å²) in [5.41, 5.74) is 5.48. The van der Waals surface area contributed by atoms with Gasteiger partial charge in [0.2, 0.25) is 5.91 Å². The number of thioether (sulfide) groups is 1. The first-order valence-electron chi connectivity index (χ1n) is 5.28. The Labute approximate surface area is 101 Å². The summed E-state index contributed by atoms with van der Waals surface area (Å²) in [5, 5.41) is 14.3. The molecular formula is C10H21N3O2S. The van der Waals surface area contributed by atoms with Gasteiger partial charge >= 0.3 is 0 Å². The Morgan fingerprint density at radius 2 is 2.19 bits per heavy atom. The highest BCUT2D eigenvalue weighted by atomic mass is 32.2. The normalized spacial score (nSPS) is 13.9. The third kappa shape index (κ3) is 5.25. The fourth-order valence-corrected chi connectivity index (χ4v) is 1.81. The minimum Gasteiger partial charge on any atom is -0.409 e. The van der Waals surface area contributed by atoms with Crippen LogP contribution in [0.5, 0.6) is 0 Å². The smallest absolute Gasteiger partial charge is 0.231 e. The summed E-state index contributed by atoms with van der Waals surface area (Å²) >= 11 is 1.74. The fraction of sp³-hybridized carbons (Fsp3) is 0.800. The third-order valence-electron chi connectivity index (χ3n) is 2.21. The van der Waals surface area contributed by atoms with Crippen LogP contribution in [0.3, 0.4) is 0 Å². The van der Waals surface area contributed by atoms with Crippen LogP contribution in [0.4, 0.5) is 0 Å². The van der Waals surface area contributed by atoms with Crippen molar-refractivity contribution in [1.82, 2.24) is 5.32 Å². The van der Waals surface area contributed by atoms with Crippen LogP contribution in [0.2, 0.25) is 0 Å². The van der Waals surface area contributed by atoms with Gasteiger partial charge in [-0.3, -0.25) is 4.79 Å².